The van der Waals surface area contributed by atoms with Crippen LogP contribution in [0.5, 0.6) is 0 Å². The van der Waals surface area contributed by atoms with Gasteiger partial charge in [0.2, 0.25) is 0 Å². The van der Waals surface area contributed by atoms with Gasteiger partial charge >= 0.3 is 0 Å². The topological polar surface area (TPSA) is 0 Å². The van der Waals surface area contributed by atoms with Crippen LogP contribution in [0.4, 0.5) is 0 Å². The lowest BCUT2D eigenvalue weighted by Gasteiger charge is -2.32. The van der Waals surface area contributed by atoms with Crippen molar-refractivity contribution in [3.63, 3.8) is 0 Å². The number of hydrogen-bond acceptors (Lipinski definition) is 0. The van der Waals surface area contributed by atoms with Gasteiger partial charge in [-0.15, -0.1) is 0 Å². The van der Waals surface area contributed by atoms with Gasteiger partial charge in [-0.25, -0.2) is 0 Å². The zero-order chi connectivity index (χ0) is 9.41. The molecule has 70 valence electrons. The van der Waals surface area contributed by atoms with E-state index in [1.54, 1.807) is 5.57 Å². The average Bonchev–Trinajstić information content (AvgIpc) is 1.83. The first-order valence-electron chi connectivity index (χ1n) is 5.01. The van der Waals surface area contributed by atoms with Crippen molar-refractivity contribution in [2.45, 2.75) is 52.4 Å². The standard InChI is InChI=1S/C11H22Si/c1-11(2,3)10-6-8-12(4,5)9-7-10/h6H,7-9H2,1-5H3. The molecule has 0 aromatic carbocycles. The van der Waals surface area contributed by atoms with Crippen LogP contribution in [0.2, 0.25) is 25.2 Å². The zero-order valence-electron chi connectivity index (χ0n) is 9.20. The second-order valence-electron chi connectivity index (χ2n) is 5.85. The summed E-state index contributed by atoms with van der Waals surface area (Å²) in [6.07, 6.45) is 3.89. The fourth-order valence-electron chi connectivity index (χ4n) is 1.76. The van der Waals surface area contributed by atoms with Gasteiger partial charge in [-0.05, 0) is 17.9 Å². The van der Waals surface area contributed by atoms with E-state index in [1.165, 1.54) is 18.5 Å². The third-order valence-corrected chi connectivity index (χ3v) is 5.85. The summed E-state index contributed by atoms with van der Waals surface area (Å²) in [4.78, 5) is 0. The Bertz CT molecular complexity index is 194. The molecule has 0 amide bonds. The molecule has 0 N–H and O–H groups in total. The average molecular weight is 182 g/mol. The SMILES string of the molecule is CC(C)(C)C1=CC[Si](C)(C)CC1. The molecule has 0 bridgehead atoms. The van der Waals surface area contributed by atoms with Gasteiger partial charge in [0.25, 0.3) is 0 Å². The van der Waals surface area contributed by atoms with Crippen molar-refractivity contribution >= 4 is 8.07 Å². The third kappa shape index (κ3) is 2.48. The molecule has 1 heteroatoms. The molecular weight excluding hydrogens is 160 g/mol. The van der Waals surface area contributed by atoms with Crippen molar-refractivity contribution < 1.29 is 0 Å². The predicted octanol–water partition coefficient (Wildman–Crippen LogP) is 4.07. The summed E-state index contributed by atoms with van der Waals surface area (Å²) in [5, 5.41) is 0. The highest BCUT2D eigenvalue weighted by Crippen LogP contribution is 2.36. The molecule has 0 aliphatic carbocycles. The van der Waals surface area contributed by atoms with E-state index in [0.29, 0.717) is 5.41 Å². The first-order valence-corrected chi connectivity index (χ1v) is 8.42. The summed E-state index contributed by atoms with van der Waals surface area (Å²) in [5.74, 6) is 0. The lowest BCUT2D eigenvalue weighted by atomic mass is 9.84. The summed E-state index contributed by atoms with van der Waals surface area (Å²) < 4.78 is 0. The maximum absolute atomic E-state index is 2.52. The highest BCUT2D eigenvalue weighted by molar-refractivity contribution is 6.78. The van der Waals surface area contributed by atoms with Crippen molar-refractivity contribution in [2.24, 2.45) is 5.41 Å². The highest BCUT2D eigenvalue weighted by Gasteiger charge is 2.27. The lowest BCUT2D eigenvalue weighted by molar-refractivity contribution is 0.484. The number of rotatable bonds is 0. The molecule has 0 spiro atoms. The maximum Gasteiger partial charge on any atom is 0.0514 e. The number of hydrogen-bond donors (Lipinski definition) is 0. The summed E-state index contributed by atoms with van der Waals surface area (Å²) in [5.41, 5.74) is 2.11. The molecule has 12 heavy (non-hydrogen) atoms. The summed E-state index contributed by atoms with van der Waals surface area (Å²) >= 11 is 0. The Kier molecular flexibility index (Phi) is 2.53. The van der Waals surface area contributed by atoms with Gasteiger partial charge < -0.3 is 0 Å². The molecule has 0 radical (unpaired) electrons. The summed E-state index contributed by atoms with van der Waals surface area (Å²) in [6, 6.07) is 2.90. The second-order valence-corrected chi connectivity index (χ2v) is 11.1. The highest BCUT2D eigenvalue weighted by atomic mass is 28.3. The molecule has 1 rings (SSSR count). The Hall–Kier alpha value is -0.0431. The molecule has 0 fully saturated rings. The van der Waals surface area contributed by atoms with Crippen molar-refractivity contribution in [3.05, 3.63) is 11.6 Å². The molecule has 0 nitrogen and oxygen atoms in total. The Labute approximate surface area is 78.1 Å². The van der Waals surface area contributed by atoms with Crippen molar-refractivity contribution in [1.29, 1.82) is 0 Å². The molecule has 0 saturated heterocycles. The van der Waals surface area contributed by atoms with Crippen LogP contribution < -0.4 is 0 Å². The van der Waals surface area contributed by atoms with E-state index >= 15 is 0 Å². The molecule has 1 aliphatic rings. The Balaban J connectivity index is 2.69. The van der Waals surface area contributed by atoms with Crippen LogP contribution in [0.3, 0.4) is 0 Å². The van der Waals surface area contributed by atoms with Gasteiger partial charge in [0, 0.05) is 0 Å². The minimum absolute atomic E-state index is 0.422. The van der Waals surface area contributed by atoms with Crippen LogP contribution >= 0.6 is 0 Å². The molecule has 1 heterocycles. The van der Waals surface area contributed by atoms with Crippen LogP contribution in [0.25, 0.3) is 0 Å². The van der Waals surface area contributed by atoms with Gasteiger partial charge in [0.05, 0.1) is 8.07 Å². The third-order valence-electron chi connectivity index (χ3n) is 2.94. The van der Waals surface area contributed by atoms with Gasteiger partial charge in [0.1, 0.15) is 0 Å². The van der Waals surface area contributed by atoms with Crippen molar-refractivity contribution in [1.82, 2.24) is 0 Å². The monoisotopic (exact) mass is 182 g/mol. The van der Waals surface area contributed by atoms with Gasteiger partial charge in [-0.3, -0.25) is 0 Å². The normalized spacial score (nSPS) is 23.6. The van der Waals surface area contributed by atoms with E-state index in [0.717, 1.165) is 0 Å². The van der Waals surface area contributed by atoms with E-state index in [-0.39, 0.29) is 0 Å². The lowest BCUT2D eigenvalue weighted by Crippen LogP contribution is -2.28. The van der Waals surface area contributed by atoms with E-state index in [4.69, 9.17) is 0 Å². The van der Waals surface area contributed by atoms with Crippen molar-refractivity contribution in [3.8, 4) is 0 Å². The van der Waals surface area contributed by atoms with Crippen LogP contribution in [0, 0.1) is 5.41 Å². The zero-order valence-corrected chi connectivity index (χ0v) is 10.2. The van der Waals surface area contributed by atoms with E-state index < -0.39 is 8.07 Å². The Morgan fingerprint density at radius 3 is 2.17 bits per heavy atom. The molecule has 1 aliphatic heterocycles. The largest absolute Gasteiger partial charge is 0.0875 e. The number of allylic oxidation sites excluding steroid dienone is 2. The minimum Gasteiger partial charge on any atom is -0.0875 e. The summed E-state index contributed by atoms with van der Waals surface area (Å²) in [7, 11) is -0.787. The molecule has 0 aromatic rings. The fraction of sp³-hybridized carbons (Fsp3) is 0.818. The first kappa shape index (κ1) is 10.0. The Morgan fingerprint density at radius 1 is 1.25 bits per heavy atom. The Morgan fingerprint density at radius 2 is 1.83 bits per heavy atom. The van der Waals surface area contributed by atoms with E-state index in [1.807, 2.05) is 0 Å². The van der Waals surface area contributed by atoms with Gasteiger partial charge in [-0.1, -0.05) is 51.6 Å². The molecule has 0 unspecified atom stereocenters. The quantitative estimate of drug-likeness (QED) is 0.391. The fourth-order valence-corrected chi connectivity index (χ4v) is 3.71. The predicted molar refractivity (Wildman–Crippen MR) is 59.3 cm³/mol. The van der Waals surface area contributed by atoms with E-state index in [9.17, 15) is 0 Å². The smallest absolute Gasteiger partial charge is 0.0514 e. The first-order chi connectivity index (χ1) is 5.31. The van der Waals surface area contributed by atoms with Crippen LogP contribution in [0.1, 0.15) is 27.2 Å². The second kappa shape index (κ2) is 3.02. The summed E-state index contributed by atoms with van der Waals surface area (Å²) in [6.45, 7) is 12.0. The molecule has 0 atom stereocenters. The van der Waals surface area contributed by atoms with Gasteiger partial charge in [-0.2, -0.15) is 0 Å². The maximum atomic E-state index is 2.52. The van der Waals surface area contributed by atoms with Crippen LogP contribution in [0.15, 0.2) is 11.6 Å². The van der Waals surface area contributed by atoms with Gasteiger partial charge in [0.15, 0.2) is 0 Å². The van der Waals surface area contributed by atoms with Crippen LogP contribution in [-0.4, -0.2) is 8.07 Å². The van der Waals surface area contributed by atoms with E-state index in [2.05, 4.69) is 39.9 Å². The molecule has 0 saturated carbocycles. The minimum atomic E-state index is -0.787. The van der Waals surface area contributed by atoms with Crippen LogP contribution in [-0.2, 0) is 0 Å². The molecular formula is C11H22Si. The van der Waals surface area contributed by atoms with Crippen molar-refractivity contribution in [2.75, 3.05) is 0 Å². The molecule has 0 aromatic heterocycles.